The lowest BCUT2D eigenvalue weighted by molar-refractivity contribution is 0.143. The zero-order chi connectivity index (χ0) is 10.6. The Labute approximate surface area is 94.7 Å². The highest BCUT2D eigenvalue weighted by atomic mass is 32.1. The number of hydrogen-bond acceptors (Lipinski definition) is 2. The molecule has 1 nitrogen and oxygen atoms in total. The minimum atomic E-state index is 0.356. The molecule has 1 aliphatic carbocycles. The van der Waals surface area contributed by atoms with Gasteiger partial charge in [-0.25, -0.2) is 0 Å². The van der Waals surface area contributed by atoms with Crippen molar-refractivity contribution in [1.29, 1.82) is 0 Å². The molecule has 0 unspecified atom stereocenters. The Morgan fingerprint density at radius 2 is 1.79 bits per heavy atom. The molecule has 1 rings (SSSR count). The van der Waals surface area contributed by atoms with Crippen LogP contribution in [0.4, 0.5) is 0 Å². The van der Waals surface area contributed by atoms with Crippen LogP contribution in [0.25, 0.3) is 0 Å². The van der Waals surface area contributed by atoms with Crippen LogP contribution in [0, 0.1) is 5.41 Å². The maximum absolute atomic E-state index is 4.41. The summed E-state index contributed by atoms with van der Waals surface area (Å²) in [4.78, 5) is 2.55. The summed E-state index contributed by atoms with van der Waals surface area (Å²) in [7, 11) is 2.28. The van der Waals surface area contributed by atoms with Crippen molar-refractivity contribution in [2.75, 3.05) is 19.3 Å². The fourth-order valence-electron chi connectivity index (χ4n) is 2.38. The fraction of sp³-hybridized carbons (Fsp3) is 1.00. The van der Waals surface area contributed by atoms with Crippen LogP contribution >= 0.6 is 12.6 Å². The molecular weight excluding hydrogens is 190 g/mol. The van der Waals surface area contributed by atoms with Crippen molar-refractivity contribution in [1.82, 2.24) is 4.90 Å². The highest BCUT2D eigenvalue weighted by molar-refractivity contribution is 7.80. The van der Waals surface area contributed by atoms with E-state index < -0.39 is 0 Å². The SMILES string of the molecule is CN(CC(C)(C)CS)C1CCCCC1. The molecule has 2 heteroatoms. The predicted octanol–water partition coefficient (Wildman–Crippen LogP) is 3.21. The van der Waals surface area contributed by atoms with E-state index >= 15 is 0 Å². The summed E-state index contributed by atoms with van der Waals surface area (Å²) in [6.07, 6.45) is 7.10. The summed E-state index contributed by atoms with van der Waals surface area (Å²) >= 11 is 4.41. The fourth-order valence-corrected chi connectivity index (χ4v) is 2.48. The zero-order valence-corrected chi connectivity index (χ0v) is 10.8. The van der Waals surface area contributed by atoms with Crippen molar-refractivity contribution in [2.45, 2.75) is 52.0 Å². The average Bonchev–Trinajstić information content (AvgIpc) is 2.19. The van der Waals surface area contributed by atoms with Crippen molar-refractivity contribution in [3.63, 3.8) is 0 Å². The van der Waals surface area contributed by atoms with E-state index in [4.69, 9.17) is 0 Å². The van der Waals surface area contributed by atoms with E-state index in [0.717, 1.165) is 11.8 Å². The van der Waals surface area contributed by atoms with Gasteiger partial charge in [-0.15, -0.1) is 0 Å². The van der Waals surface area contributed by atoms with Gasteiger partial charge in [0.1, 0.15) is 0 Å². The molecule has 84 valence electrons. The van der Waals surface area contributed by atoms with Crippen LogP contribution in [0.2, 0.25) is 0 Å². The van der Waals surface area contributed by atoms with Gasteiger partial charge in [-0.1, -0.05) is 33.1 Å². The monoisotopic (exact) mass is 215 g/mol. The van der Waals surface area contributed by atoms with Gasteiger partial charge in [-0.3, -0.25) is 0 Å². The summed E-state index contributed by atoms with van der Waals surface area (Å²) in [5.74, 6) is 0.976. The van der Waals surface area contributed by atoms with E-state index in [2.05, 4.69) is 38.4 Å². The van der Waals surface area contributed by atoms with E-state index in [1.807, 2.05) is 0 Å². The van der Waals surface area contributed by atoms with Crippen molar-refractivity contribution in [2.24, 2.45) is 5.41 Å². The third kappa shape index (κ3) is 3.82. The van der Waals surface area contributed by atoms with Crippen LogP contribution in [0.5, 0.6) is 0 Å². The number of thiol groups is 1. The lowest BCUT2D eigenvalue weighted by Gasteiger charge is -2.36. The molecular formula is C12H25NS. The van der Waals surface area contributed by atoms with Crippen LogP contribution in [0.1, 0.15) is 46.0 Å². The van der Waals surface area contributed by atoms with E-state index in [0.29, 0.717) is 5.41 Å². The van der Waals surface area contributed by atoms with Crippen LogP contribution in [0.15, 0.2) is 0 Å². The third-order valence-electron chi connectivity index (χ3n) is 3.30. The maximum atomic E-state index is 4.41. The molecule has 0 aromatic rings. The Morgan fingerprint density at radius 3 is 2.29 bits per heavy atom. The van der Waals surface area contributed by atoms with Gasteiger partial charge in [-0.2, -0.15) is 12.6 Å². The van der Waals surface area contributed by atoms with Crippen LogP contribution < -0.4 is 0 Å². The first-order valence-corrected chi connectivity index (χ1v) is 6.49. The second-order valence-electron chi connectivity index (χ2n) is 5.53. The smallest absolute Gasteiger partial charge is 0.00924 e. The van der Waals surface area contributed by atoms with Gasteiger partial charge in [0.25, 0.3) is 0 Å². The molecule has 0 atom stereocenters. The van der Waals surface area contributed by atoms with Crippen molar-refractivity contribution in [3.05, 3.63) is 0 Å². The highest BCUT2D eigenvalue weighted by Gasteiger charge is 2.24. The highest BCUT2D eigenvalue weighted by Crippen LogP contribution is 2.25. The molecule has 0 bridgehead atoms. The summed E-state index contributed by atoms with van der Waals surface area (Å²) < 4.78 is 0. The molecule has 0 amide bonds. The number of nitrogens with zero attached hydrogens (tertiary/aromatic N) is 1. The topological polar surface area (TPSA) is 3.24 Å². The maximum Gasteiger partial charge on any atom is 0.00924 e. The average molecular weight is 215 g/mol. The molecule has 0 N–H and O–H groups in total. The molecule has 0 spiro atoms. The van der Waals surface area contributed by atoms with Crippen LogP contribution in [0.3, 0.4) is 0 Å². The van der Waals surface area contributed by atoms with Gasteiger partial charge >= 0.3 is 0 Å². The Morgan fingerprint density at radius 1 is 1.21 bits per heavy atom. The van der Waals surface area contributed by atoms with E-state index in [1.54, 1.807) is 0 Å². The third-order valence-corrected chi connectivity index (χ3v) is 4.16. The van der Waals surface area contributed by atoms with Gasteiger partial charge in [0.2, 0.25) is 0 Å². The molecule has 0 heterocycles. The molecule has 14 heavy (non-hydrogen) atoms. The zero-order valence-electron chi connectivity index (χ0n) is 9.92. The largest absolute Gasteiger partial charge is 0.303 e. The minimum absolute atomic E-state index is 0.356. The van der Waals surface area contributed by atoms with Gasteiger partial charge in [0.15, 0.2) is 0 Å². The van der Waals surface area contributed by atoms with Gasteiger partial charge in [0, 0.05) is 12.6 Å². The standard InChI is InChI=1S/C12H25NS/c1-12(2,10-14)9-13(3)11-7-5-4-6-8-11/h11,14H,4-10H2,1-3H3. The van der Waals surface area contributed by atoms with Crippen LogP contribution in [-0.4, -0.2) is 30.3 Å². The molecule has 0 aromatic heterocycles. The van der Waals surface area contributed by atoms with E-state index in [1.165, 1.54) is 38.6 Å². The molecule has 0 saturated heterocycles. The van der Waals surface area contributed by atoms with E-state index in [9.17, 15) is 0 Å². The second-order valence-corrected chi connectivity index (χ2v) is 5.85. The van der Waals surface area contributed by atoms with Crippen molar-refractivity contribution < 1.29 is 0 Å². The Bertz CT molecular complexity index is 162. The molecule has 1 fully saturated rings. The quantitative estimate of drug-likeness (QED) is 0.705. The van der Waals surface area contributed by atoms with Crippen molar-refractivity contribution in [3.8, 4) is 0 Å². The number of hydrogen-bond donors (Lipinski definition) is 1. The summed E-state index contributed by atoms with van der Waals surface area (Å²) in [6, 6.07) is 0.836. The van der Waals surface area contributed by atoms with Crippen molar-refractivity contribution >= 4 is 12.6 Å². The molecule has 1 saturated carbocycles. The van der Waals surface area contributed by atoms with E-state index in [-0.39, 0.29) is 0 Å². The summed E-state index contributed by atoms with van der Waals surface area (Å²) in [5, 5.41) is 0. The summed E-state index contributed by atoms with van der Waals surface area (Å²) in [6.45, 7) is 5.79. The van der Waals surface area contributed by atoms with Gasteiger partial charge in [-0.05, 0) is 31.1 Å². The van der Waals surface area contributed by atoms with Crippen LogP contribution in [-0.2, 0) is 0 Å². The first kappa shape index (κ1) is 12.4. The Kier molecular flexibility index (Phi) is 4.78. The second kappa shape index (κ2) is 5.41. The first-order chi connectivity index (χ1) is 6.55. The normalized spacial score (nSPS) is 20.4. The Hall–Kier alpha value is 0.310. The lowest BCUT2D eigenvalue weighted by atomic mass is 9.91. The Balaban J connectivity index is 2.36. The van der Waals surface area contributed by atoms with Gasteiger partial charge < -0.3 is 4.90 Å². The minimum Gasteiger partial charge on any atom is -0.303 e. The molecule has 0 radical (unpaired) electrons. The lowest BCUT2D eigenvalue weighted by Crippen LogP contribution is -2.40. The number of rotatable bonds is 4. The summed E-state index contributed by atoms with van der Waals surface area (Å²) in [5.41, 5.74) is 0.356. The molecule has 0 aliphatic heterocycles. The molecule has 1 aliphatic rings. The molecule has 0 aromatic carbocycles. The predicted molar refractivity (Wildman–Crippen MR) is 67.1 cm³/mol. The van der Waals surface area contributed by atoms with Gasteiger partial charge in [0.05, 0.1) is 0 Å². The first-order valence-electron chi connectivity index (χ1n) is 5.86.